The van der Waals surface area contributed by atoms with Gasteiger partial charge in [-0.25, -0.2) is 9.78 Å². The molecular formula is C10H8BrN3O4S. The average Bonchev–Trinajstić information content (AvgIpc) is 2.81. The molecular weight excluding hydrogens is 338 g/mol. The lowest BCUT2D eigenvalue weighted by molar-refractivity contribution is 0.0698. The Morgan fingerprint density at radius 3 is 2.74 bits per heavy atom. The maximum Gasteiger partial charge on any atom is 0.337 e. The number of carboxylic acids is 1. The molecule has 7 nitrogen and oxygen atoms in total. The highest BCUT2D eigenvalue weighted by molar-refractivity contribution is 9.10. The monoisotopic (exact) mass is 345 g/mol. The second kappa shape index (κ2) is 5.02. The molecule has 1 aromatic carbocycles. The van der Waals surface area contributed by atoms with E-state index in [0.717, 1.165) is 6.20 Å². The van der Waals surface area contributed by atoms with Crippen LogP contribution in [-0.2, 0) is 10.0 Å². The molecule has 9 heteroatoms. The normalized spacial score (nSPS) is 11.2. The molecule has 0 aliphatic rings. The number of hydrogen-bond donors (Lipinski definition) is 3. The topological polar surface area (TPSA) is 112 Å². The standard InChI is InChI=1S/C10H8BrN3O4S/c11-6-1-2-7(10(15)16)8(3-6)14-19(17,18)9-4-12-5-13-9/h1-5,14H,(H,12,13)(H,15,16). The number of nitrogens with one attached hydrogen (secondary N) is 2. The van der Waals surface area contributed by atoms with Gasteiger partial charge in [0.15, 0.2) is 5.03 Å². The minimum Gasteiger partial charge on any atom is -0.478 e. The number of hydrogen-bond acceptors (Lipinski definition) is 4. The predicted molar refractivity (Wildman–Crippen MR) is 70.5 cm³/mol. The van der Waals surface area contributed by atoms with E-state index in [9.17, 15) is 13.2 Å². The van der Waals surface area contributed by atoms with E-state index in [-0.39, 0.29) is 16.3 Å². The summed E-state index contributed by atoms with van der Waals surface area (Å²) in [6.07, 6.45) is 2.34. The highest BCUT2D eigenvalue weighted by atomic mass is 79.9. The van der Waals surface area contributed by atoms with Crippen LogP contribution in [0.3, 0.4) is 0 Å². The number of carbonyl (C=O) groups is 1. The van der Waals surface area contributed by atoms with Gasteiger partial charge in [-0.05, 0) is 18.2 Å². The van der Waals surface area contributed by atoms with Crippen molar-refractivity contribution < 1.29 is 18.3 Å². The SMILES string of the molecule is O=C(O)c1ccc(Br)cc1NS(=O)(=O)c1cnc[nH]1. The highest BCUT2D eigenvalue weighted by Crippen LogP contribution is 2.23. The van der Waals surface area contributed by atoms with Gasteiger partial charge in [0.2, 0.25) is 0 Å². The van der Waals surface area contributed by atoms with Crippen molar-refractivity contribution in [2.45, 2.75) is 5.03 Å². The molecule has 0 fully saturated rings. The average molecular weight is 346 g/mol. The fourth-order valence-electron chi connectivity index (χ4n) is 1.38. The summed E-state index contributed by atoms with van der Waals surface area (Å²) < 4.78 is 26.7. The lowest BCUT2D eigenvalue weighted by Crippen LogP contribution is -2.16. The molecule has 3 N–H and O–H groups in total. The molecule has 0 unspecified atom stereocenters. The molecule has 0 bridgehead atoms. The minimum atomic E-state index is -3.89. The van der Waals surface area contributed by atoms with E-state index >= 15 is 0 Å². The number of carboxylic acid groups (broad SMARTS) is 1. The third kappa shape index (κ3) is 2.93. The van der Waals surface area contributed by atoms with Gasteiger partial charge in [0.1, 0.15) is 0 Å². The number of rotatable bonds is 4. The minimum absolute atomic E-state index is 0.0310. The van der Waals surface area contributed by atoms with Gasteiger partial charge in [0.05, 0.1) is 23.8 Å². The number of halogens is 1. The molecule has 1 heterocycles. The lowest BCUT2D eigenvalue weighted by atomic mass is 10.2. The molecule has 2 rings (SSSR count). The van der Waals surface area contributed by atoms with E-state index in [4.69, 9.17) is 5.11 Å². The molecule has 0 spiro atoms. The van der Waals surface area contributed by atoms with Gasteiger partial charge < -0.3 is 10.1 Å². The predicted octanol–water partition coefficient (Wildman–Crippen LogP) is 1.67. The Bertz CT molecular complexity index is 712. The molecule has 2 aromatic rings. The Morgan fingerprint density at radius 1 is 1.42 bits per heavy atom. The molecule has 0 saturated carbocycles. The summed E-state index contributed by atoms with van der Waals surface area (Å²) in [5.74, 6) is -1.23. The molecule has 0 atom stereocenters. The van der Waals surface area contributed by atoms with Crippen LogP contribution in [0.2, 0.25) is 0 Å². The van der Waals surface area contributed by atoms with E-state index in [2.05, 4.69) is 30.6 Å². The van der Waals surface area contributed by atoms with E-state index in [1.54, 1.807) is 0 Å². The summed E-state index contributed by atoms with van der Waals surface area (Å²) in [5, 5.41) is 8.86. The van der Waals surface area contributed by atoms with Gasteiger partial charge in [0.25, 0.3) is 10.0 Å². The Kier molecular flexibility index (Phi) is 3.58. The van der Waals surface area contributed by atoms with E-state index in [1.165, 1.54) is 24.5 Å². The van der Waals surface area contributed by atoms with E-state index < -0.39 is 16.0 Å². The third-order valence-electron chi connectivity index (χ3n) is 2.22. The van der Waals surface area contributed by atoms with Crippen LogP contribution in [0.1, 0.15) is 10.4 Å². The number of imidazole rings is 1. The molecule has 0 radical (unpaired) electrons. The first-order valence-electron chi connectivity index (χ1n) is 4.94. The van der Waals surface area contributed by atoms with Gasteiger partial charge in [-0.3, -0.25) is 4.72 Å². The number of sulfonamides is 1. The van der Waals surface area contributed by atoms with Gasteiger partial charge in [-0.1, -0.05) is 15.9 Å². The van der Waals surface area contributed by atoms with Crippen LogP contribution in [0.4, 0.5) is 5.69 Å². The van der Waals surface area contributed by atoms with Crippen LogP contribution in [0.25, 0.3) is 0 Å². The first-order chi connectivity index (χ1) is 8.90. The smallest absolute Gasteiger partial charge is 0.337 e. The number of aromatic nitrogens is 2. The number of benzene rings is 1. The van der Waals surface area contributed by atoms with Gasteiger partial charge in [-0.2, -0.15) is 8.42 Å². The lowest BCUT2D eigenvalue weighted by Gasteiger charge is -2.09. The zero-order valence-corrected chi connectivity index (χ0v) is 11.7. The Labute approximate surface area is 116 Å². The van der Waals surface area contributed by atoms with Crippen molar-refractivity contribution in [3.05, 3.63) is 40.8 Å². The summed E-state index contributed by atoms with van der Waals surface area (Å²) in [6, 6.07) is 4.19. The summed E-state index contributed by atoms with van der Waals surface area (Å²) in [4.78, 5) is 17.1. The second-order valence-electron chi connectivity index (χ2n) is 3.52. The summed E-state index contributed by atoms with van der Waals surface area (Å²) in [6.45, 7) is 0. The maximum atomic E-state index is 12.0. The molecule has 0 amide bonds. The zero-order valence-electron chi connectivity index (χ0n) is 9.29. The van der Waals surface area contributed by atoms with Crippen LogP contribution in [0.5, 0.6) is 0 Å². The maximum absolute atomic E-state index is 12.0. The quantitative estimate of drug-likeness (QED) is 0.780. The van der Waals surface area contributed by atoms with Crippen LogP contribution in [0.15, 0.2) is 40.2 Å². The van der Waals surface area contributed by atoms with Gasteiger partial charge >= 0.3 is 5.97 Å². The molecule has 1 aromatic heterocycles. The summed E-state index contributed by atoms with van der Waals surface area (Å²) in [7, 11) is -3.89. The van der Waals surface area contributed by atoms with Crippen molar-refractivity contribution in [2.24, 2.45) is 0 Å². The van der Waals surface area contributed by atoms with Crippen LogP contribution < -0.4 is 4.72 Å². The van der Waals surface area contributed by atoms with Crippen molar-refractivity contribution in [1.82, 2.24) is 9.97 Å². The van der Waals surface area contributed by atoms with Crippen molar-refractivity contribution in [1.29, 1.82) is 0 Å². The van der Waals surface area contributed by atoms with Crippen molar-refractivity contribution >= 4 is 37.6 Å². The van der Waals surface area contributed by atoms with E-state index in [0.29, 0.717) is 4.47 Å². The van der Waals surface area contributed by atoms with E-state index in [1.807, 2.05) is 0 Å². The van der Waals surface area contributed by atoms with Crippen LogP contribution in [-0.4, -0.2) is 29.5 Å². The summed E-state index contributed by atoms with van der Waals surface area (Å²) >= 11 is 3.15. The zero-order chi connectivity index (χ0) is 14.0. The number of H-pyrrole nitrogens is 1. The molecule has 0 saturated heterocycles. The molecule has 100 valence electrons. The van der Waals surface area contributed by atoms with Crippen molar-refractivity contribution in [3.63, 3.8) is 0 Å². The first kappa shape index (κ1) is 13.6. The Hall–Kier alpha value is -1.87. The molecule has 0 aliphatic heterocycles. The van der Waals surface area contributed by atoms with Crippen molar-refractivity contribution in [3.8, 4) is 0 Å². The second-order valence-corrected chi connectivity index (χ2v) is 6.08. The summed E-state index contributed by atoms with van der Waals surface area (Å²) in [5.41, 5.74) is -0.178. The largest absolute Gasteiger partial charge is 0.478 e. The number of nitrogens with zero attached hydrogens (tertiary/aromatic N) is 1. The number of aromatic amines is 1. The molecule has 19 heavy (non-hydrogen) atoms. The fraction of sp³-hybridized carbons (Fsp3) is 0. The van der Waals surface area contributed by atoms with Crippen LogP contribution >= 0.6 is 15.9 Å². The van der Waals surface area contributed by atoms with Gasteiger partial charge in [-0.15, -0.1) is 0 Å². The number of anilines is 1. The van der Waals surface area contributed by atoms with Gasteiger partial charge in [0, 0.05) is 4.47 Å². The van der Waals surface area contributed by atoms with Crippen LogP contribution in [0, 0.1) is 0 Å². The highest BCUT2D eigenvalue weighted by Gasteiger charge is 2.19. The van der Waals surface area contributed by atoms with Crippen molar-refractivity contribution in [2.75, 3.05) is 4.72 Å². The number of aromatic carboxylic acids is 1. The Morgan fingerprint density at radius 2 is 2.16 bits per heavy atom. The fourth-order valence-corrected chi connectivity index (χ4v) is 2.71. The third-order valence-corrected chi connectivity index (χ3v) is 4.00. The first-order valence-corrected chi connectivity index (χ1v) is 7.22. The Balaban J connectivity index is 2.44. The molecule has 0 aliphatic carbocycles.